The van der Waals surface area contributed by atoms with E-state index >= 15 is 0 Å². The standard InChI is InChI=1S/C23H23N2O3P/c1-2-28-29(26,27)16-24-15-19-14-13-18-9-6-12-22(23(18)25-19)21-11-5-8-17-7-3-4-10-20(17)21/h3-14,24H,2,15-16H2,1H3,(H,26,27). The van der Waals surface area contributed by atoms with Crippen LogP contribution in [0.25, 0.3) is 32.8 Å². The third-order valence-electron chi connectivity index (χ3n) is 4.81. The van der Waals surface area contributed by atoms with Crippen molar-refractivity contribution >= 4 is 29.3 Å². The first-order chi connectivity index (χ1) is 14.1. The summed E-state index contributed by atoms with van der Waals surface area (Å²) in [7, 11) is -3.60. The Morgan fingerprint density at radius 3 is 2.48 bits per heavy atom. The van der Waals surface area contributed by atoms with E-state index in [4.69, 9.17) is 9.51 Å². The summed E-state index contributed by atoms with van der Waals surface area (Å²) < 4.78 is 16.7. The van der Waals surface area contributed by atoms with Crippen LogP contribution >= 0.6 is 7.60 Å². The molecule has 0 fully saturated rings. The molecule has 0 bridgehead atoms. The number of nitrogens with zero attached hydrogens (tertiary/aromatic N) is 1. The zero-order chi connectivity index (χ0) is 20.3. The highest BCUT2D eigenvalue weighted by atomic mass is 31.2. The average molecular weight is 406 g/mol. The summed E-state index contributed by atoms with van der Waals surface area (Å²) in [4.78, 5) is 14.6. The Labute approximate surface area is 169 Å². The molecule has 2 N–H and O–H groups in total. The summed E-state index contributed by atoms with van der Waals surface area (Å²) in [5, 5.41) is 6.41. The van der Waals surface area contributed by atoms with Crippen LogP contribution in [0.1, 0.15) is 12.6 Å². The number of hydrogen-bond donors (Lipinski definition) is 2. The van der Waals surface area contributed by atoms with Crippen molar-refractivity contribution in [2.45, 2.75) is 13.5 Å². The topological polar surface area (TPSA) is 71.5 Å². The molecule has 1 heterocycles. The Balaban J connectivity index is 1.69. The van der Waals surface area contributed by atoms with Gasteiger partial charge in [-0.05, 0) is 29.3 Å². The van der Waals surface area contributed by atoms with Crippen molar-refractivity contribution in [3.8, 4) is 11.1 Å². The molecule has 3 aromatic carbocycles. The molecule has 1 unspecified atom stereocenters. The normalized spacial score (nSPS) is 13.6. The fourth-order valence-corrected chi connectivity index (χ4v) is 4.43. The maximum Gasteiger partial charge on any atom is 0.341 e. The van der Waals surface area contributed by atoms with Crippen molar-refractivity contribution < 1.29 is 14.0 Å². The quantitative estimate of drug-likeness (QED) is 0.406. The number of hydrogen-bond acceptors (Lipinski definition) is 4. The molecule has 0 aliphatic carbocycles. The molecular weight excluding hydrogens is 383 g/mol. The van der Waals surface area contributed by atoms with Crippen molar-refractivity contribution in [3.05, 3.63) is 78.5 Å². The molecule has 5 nitrogen and oxygen atoms in total. The van der Waals surface area contributed by atoms with Gasteiger partial charge in [0.1, 0.15) is 0 Å². The number of nitrogens with one attached hydrogen (secondary N) is 1. The average Bonchev–Trinajstić information content (AvgIpc) is 2.73. The van der Waals surface area contributed by atoms with Crippen molar-refractivity contribution in [1.29, 1.82) is 0 Å². The Bertz CT molecular complexity index is 1200. The maximum atomic E-state index is 11.8. The van der Waals surface area contributed by atoms with Crippen LogP contribution in [0.5, 0.6) is 0 Å². The first kappa shape index (κ1) is 19.7. The molecule has 1 atom stereocenters. The second-order valence-electron chi connectivity index (χ2n) is 6.85. The largest absolute Gasteiger partial charge is 0.341 e. The van der Waals surface area contributed by atoms with E-state index in [1.165, 1.54) is 10.8 Å². The number of para-hydroxylation sites is 1. The Morgan fingerprint density at radius 2 is 1.66 bits per heavy atom. The van der Waals surface area contributed by atoms with Gasteiger partial charge in [-0.25, -0.2) is 0 Å². The van der Waals surface area contributed by atoms with E-state index in [1.807, 2.05) is 36.4 Å². The number of benzene rings is 3. The van der Waals surface area contributed by atoms with E-state index in [0.717, 1.165) is 27.7 Å². The summed E-state index contributed by atoms with van der Waals surface area (Å²) in [5.41, 5.74) is 3.94. The molecule has 4 rings (SSSR count). The zero-order valence-electron chi connectivity index (χ0n) is 16.2. The van der Waals surface area contributed by atoms with E-state index in [9.17, 15) is 9.46 Å². The maximum absolute atomic E-state index is 11.8. The molecule has 4 aromatic rings. The molecule has 0 radical (unpaired) electrons. The van der Waals surface area contributed by atoms with Crippen LogP contribution in [0.4, 0.5) is 0 Å². The lowest BCUT2D eigenvalue weighted by Crippen LogP contribution is -2.16. The summed E-state index contributed by atoms with van der Waals surface area (Å²) in [6.45, 7) is 2.29. The van der Waals surface area contributed by atoms with Crippen molar-refractivity contribution in [2.75, 3.05) is 12.9 Å². The van der Waals surface area contributed by atoms with Gasteiger partial charge >= 0.3 is 7.60 Å². The van der Waals surface area contributed by atoms with E-state index in [0.29, 0.717) is 6.54 Å². The summed E-state index contributed by atoms with van der Waals surface area (Å²) in [6.07, 6.45) is -0.106. The third-order valence-corrected chi connectivity index (χ3v) is 6.09. The van der Waals surface area contributed by atoms with Crippen molar-refractivity contribution in [2.24, 2.45) is 0 Å². The lowest BCUT2D eigenvalue weighted by atomic mass is 9.96. The highest BCUT2D eigenvalue weighted by Crippen LogP contribution is 2.40. The van der Waals surface area contributed by atoms with Gasteiger partial charge in [-0.3, -0.25) is 9.55 Å². The minimum Gasteiger partial charge on any atom is -0.323 e. The van der Waals surface area contributed by atoms with E-state index in [1.54, 1.807) is 6.92 Å². The van der Waals surface area contributed by atoms with E-state index in [2.05, 4.69) is 41.7 Å². The lowest BCUT2D eigenvalue weighted by molar-refractivity contribution is 0.271. The summed E-state index contributed by atoms with van der Waals surface area (Å²) in [5.74, 6) is 0. The number of pyridine rings is 1. The van der Waals surface area contributed by atoms with Crippen LogP contribution in [0.15, 0.2) is 72.8 Å². The van der Waals surface area contributed by atoms with Crippen LogP contribution in [0.3, 0.4) is 0 Å². The van der Waals surface area contributed by atoms with Gasteiger partial charge in [-0.2, -0.15) is 0 Å². The lowest BCUT2D eigenvalue weighted by Gasteiger charge is -2.13. The molecule has 0 spiro atoms. The van der Waals surface area contributed by atoms with E-state index < -0.39 is 7.60 Å². The Morgan fingerprint density at radius 1 is 0.931 bits per heavy atom. The third kappa shape index (κ3) is 4.39. The zero-order valence-corrected chi connectivity index (χ0v) is 17.1. The van der Waals surface area contributed by atoms with Gasteiger partial charge in [0, 0.05) is 17.5 Å². The first-order valence-corrected chi connectivity index (χ1v) is 11.4. The van der Waals surface area contributed by atoms with Gasteiger partial charge in [0.2, 0.25) is 0 Å². The predicted octanol–water partition coefficient (Wildman–Crippen LogP) is 5.32. The Kier molecular flexibility index (Phi) is 5.74. The highest BCUT2D eigenvalue weighted by molar-refractivity contribution is 7.52. The molecule has 6 heteroatoms. The Hall–Kier alpha value is -2.56. The second-order valence-corrected chi connectivity index (χ2v) is 8.70. The van der Waals surface area contributed by atoms with Crippen LogP contribution in [0, 0.1) is 0 Å². The second kappa shape index (κ2) is 8.44. The van der Waals surface area contributed by atoms with Gasteiger partial charge in [0.15, 0.2) is 0 Å². The molecule has 0 aliphatic heterocycles. The van der Waals surface area contributed by atoms with Crippen LogP contribution in [-0.2, 0) is 15.6 Å². The molecule has 0 amide bonds. The van der Waals surface area contributed by atoms with Crippen LogP contribution in [-0.4, -0.2) is 22.8 Å². The summed E-state index contributed by atoms with van der Waals surface area (Å²) >= 11 is 0. The van der Waals surface area contributed by atoms with Crippen molar-refractivity contribution in [3.63, 3.8) is 0 Å². The minimum atomic E-state index is -3.60. The van der Waals surface area contributed by atoms with Gasteiger partial charge in [0.25, 0.3) is 0 Å². The molecular formula is C23H23N2O3P. The highest BCUT2D eigenvalue weighted by Gasteiger charge is 2.17. The molecule has 0 aliphatic rings. The van der Waals surface area contributed by atoms with E-state index in [-0.39, 0.29) is 12.9 Å². The van der Waals surface area contributed by atoms with Gasteiger partial charge in [-0.1, -0.05) is 66.7 Å². The number of rotatable bonds is 7. The monoisotopic (exact) mass is 406 g/mol. The molecule has 29 heavy (non-hydrogen) atoms. The fourth-order valence-electron chi connectivity index (χ4n) is 3.54. The molecule has 1 aromatic heterocycles. The smallest absolute Gasteiger partial charge is 0.323 e. The molecule has 148 valence electrons. The van der Waals surface area contributed by atoms with Gasteiger partial charge in [0.05, 0.1) is 24.1 Å². The number of aromatic nitrogens is 1. The minimum absolute atomic E-state index is 0.106. The van der Waals surface area contributed by atoms with Gasteiger partial charge < -0.3 is 14.7 Å². The molecule has 0 saturated carbocycles. The summed E-state index contributed by atoms with van der Waals surface area (Å²) in [6, 6.07) is 24.8. The first-order valence-electron chi connectivity index (χ1n) is 9.61. The van der Waals surface area contributed by atoms with Crippen LogP contribution < -0.4 is 5.32 Å². The SMILES string of the molecule is CCOP(=O)(O)CNCc1ccc2cccc(-c3cccc4ccccc34)c2n1. The van der Waals surface area contributed by atoms with Crippen molar-refractivity contribution in [1.82, 2.24) is 10.3 Å². The molecule has 0 saturated heterocycles. The predicted molar refractivity (Wildman–Crippen MR) is 118 cm³/mol. The van der Waals surface area contributed by atoms with Gasteiger partial charge in [-0.15, -0.1) is 0 Å². The van der Waals surface area contributed by atoms with Crippen LogP contribution in [0.2, 0.25) is 0 Å². The number of fused-ring (bicyclic) bond motifs is 2. The fraction of sp³-hybridized carbons (Fsp3) is 0.174.